The van der Waals surface area contributed by atoms with Crippen molar-refractivity contribution in [2.75, 3.05) is 6.61 Å². The Morgan fingerprint density at radius 1 is 1.25 bits per heavy atom. The van der Waals surface area contributed by atoms with Crippen molar-refractivity contribution in [3.05, 3.63) is 55.7 Å². The highest BCUT2D eigenvalue weighted by Crippen LogP contribution is 2.23. The molecule has 0 atom stereocenters. The molecule has 0 unspecified atom stereocenters. The van der Waals surface area contributed by atoms with Crippen LogP contribution in [0.2, 0.25) is 0 Å². The SMILES string of the molecule is C=CCC(COCc1ccccc1)=C(I)I. The highest BCUT2D eigenvalue weighted by Gasteiger charge is 2.00. The van der Waals surface area contributed by atoms with Crippen LogP contribution in [0.5, 0.6) is 0 Å². The Kier molecular flexibility index (Phi) is 7.31. The van der Waals surface area contributed by atoms with Gasteiger partial charge < -0.3 is 4.74 Å². The second-order valence-electron chi connectivity index (χ2n) is 3.34. The van der Waals surface area contributed by atoms with Gasteiger partial charge in [0.1, 0.15) is 0 Å². The molecule has 0 saturated carbocycles. The van der Waals surface area contributed by atoms with Gasteiger partial charge in [-0.25, -0.2) is 0 Å². The number of hydrogen-bond donors (Lipinski definition) is 0. The van der Waals surface area contributed by atoms with E-state index in [2.05, 4.69) is 63.9 Å². The largest absolute Gasteiger partial charge is 0.372 e. The Hall–Kier alpha value is 0.120. The maximum Gasteiger partial charge on any atom is 0.0721 e. The quantitative estimate of drug-likeness (QED) is 0.454. The maximum atomic E-state index is 5.68. The van der Waals surface area contributed by atoms with Gasteiger partial charge in [0.15, 0.2) is 0 Å². The molecular formula is C13H14I2O. The molecular weight excluding hydrogens is 426 g/mol. The summed E-state index contributed by atoms with van der Waals surface area (Å²) >= 11 is 4.64. The minimum absolute atomic E-state index is 0.669. The van der Waals surface area contributed by atoms with Gasteiger partial charge in [-0.15, -0.1) is 6.58 Å². The minimum atomic E-state index is 0.669. The summed E-state index contributed by atoms with van der Waals surface area (Å²) in [4.78, 5) is 0. The molecule has 0 N–H and O–H groups in total. The van der Waals surface area contributed by atoms with Crippen molar-refractivity contribution < 1.29 is 4.74 Å². The van der Waals surface area contributed by atoms with E-state index in [1.54, 1.807) is 0 Å². The van der Waals surface area contributed by atoms with Gasteiger partial charge in [0.2, 0.25) is 0 Å². The van der Waals surface area contributed by atoms with E-state index < -0.39 is 0 Å². The molecule has 1 aromatic rings. The average molecular weight is 440 g/mol. The molecule has 1 nitrogen and oxygen atoms in total. The monoisotopic (exact) mass is 440 g/mol. The average Bonchev–Trinajstić information content (AvgIpc) is 2.29. The molecule has 86 valence electrons. The van der Waals surface area contributed by atoms with E-state index in [0.717, 1.165) is 6.42 Å². The predicted molar refractivity (Wildman–Crippen MR) is 86.0 cm³/mol. The Balaban J connectivity index is 2.40. The van der Waals surface area contributed by atoms with Gasteiger partial charge in [-0.1, -0.05) is 36.4 Å². The Bertz CT molecular complexity index is 353. The van der Waals surface area contributed by atoms with Crippen LogP contribution in [0.25, 0.3) is 0 Å². The van der Waals surface area contributed by atoms with Crippen LogP contribution in [0, 0.1) is 0 Å². The molecule has 0 radical (unpaired) electrons. The van der Waals surface area contributed by atoms with Crippen LogP contribution in [0.15, 0.2) is 50.1 Å². The first-order valence-electron chi connectivity index (χ1n) is 4.99. The number of ether oxygens (including phenoxy) is 1. The number of allylic oxidation sites excluding steroid dienone is 1. The third-order valence-corrected chi connectivity index (χ3v) is 3.57. The van der Waals surface area contributed by atoms with Crippen molar-refractivity contribution >= 4 is 45.2 Å². The zero-order valence-electron chi connectivity index (χ0n) is 8.96. The molecule has 1 rings (SSSR count). The molecule has 0 heterocycles. The lowest BCUT2D eigenvalue weighted by Crippen LogP contribution is -1.98. The first-order valence-corrected chi connectivity index (χ1v) is 7.15. The van der Waals surface area contributed by atoms with Crippen LogP contribution in [0.1, 0.15) is 12.0 Å². The Morgan fingerprint density at radius 3 is 2.50 bits per heavy atom. The van der Waals surface area contributed by atoms with Gasteiger partial charge in [0.25, 0.3) is 0 Å². The van der Waals surface area contributed by atoms with Gasteiger partial charge in [0.05, 0.1) is 14.8 Å². The van der Waals surface area contributed by atoms with E-state index in [4.69, 9.17) is 4.74 Å². The summed E-state index contributed by atoms with van der Waals surface area (Å²) in [6.07, 6.45) is 2.81. The van der Waals surface area contributed by atoms with Gasteiger partial charge in [-0.2, -0.15) is 0 Å². The molecule has 0 aliphatic heterocycles. The first kappa shape index (κ1) is 14.2. The van der Waals surface area contributed by atoms with Crippen LogP contribution in [-0.2, 0) is 11.3 Å². The predicted octanol–water partition coefficient (Wildman–Crippen LogP) is 4.86. The lowest BCUT2D eigenvalue weighted by atomic mass is 10.2. The molecule has 0 aliphatic carbocycles. The molecule has 0 aromatic heterocycles. The van der Waals surface area contributed by atoms with E-state index >= 15 is 0 Å². The smallest absolute Gasteiger partial charge is 0.0721 e. The normalized spacial score (nSPS) is 9.88. The zero-order valence-corrected chi connectivity index (χ0v) is 13.3. The highest BCUT2D eigenvalue weighted by molar-refractivity contribution is 14.2. The summed E-state index contributed by atoms with van der Waals surface area (Å²) in [5.74, 6) is 0. The lowest BCUT2D eigenvalue weighted by molar-refractivity contribution is 0.141. The number of hydrogen-bond acceptors (Lipinski definition) is 1. The van der Waals surface area contributed by atoms with Crippen LogP contribution in [0.3, 0.4) is 0 Å². The Labute approximate surface area is 124 Å². The molecule has 0 saturated heterocycles. The maximum absolute atomic E-state index is 5.68. The van der Waals surface area contributed by atoms with Gasteiger partial charge in [-0.05, 0) is 62.7 Å². The Morgan fingerprint density at radius 2 is 1.94 bits per heavy atom. The molecule has 0 amide bonds. The van der Waals surface area contributed by atoms with Crippen LogP contribution < -0.4 is 0 Å². The van der Waals surface area contributed by atoms with E-state index in [9.17, 15) is 0 Å². The van der Waals surface area contributed by atoms with Crippen LogP contribution in [0.4, 0.5) is 0 Å². The van der Waals surface area contributed by atoms with Crippen molar-refractivity contribution in [2.24, 2.45) is 0 Å². The van der Waals surface area contributed by atoms with Gasteiger partial charge in [-0.3, -0.25) is 0 Å². The molecule has 16 heavy (non-hydrogen) atoms. The second-order valence-corrected chi connectivity index (χ2v) is 7.56. The van der Waals surface area contributed by atoms with Gasteiger partial charge >= 0.3 is 0 Å². The minimum Gasteiger partial charge on any atom is -0.372 e. The van der Waals surface area contributed by atoms with E-state index in [0.29, 0.717) is 13.2 Å². The fraction of sp³-hybridized carbons (Fsp3) is 0.231. The number of halogens is 2. The van der Waals surface area contributed by atoms with E-state index in [-0.39, 0.29) is 0 Å². The summed E-state index contributed by atoms with van der Waals surface area (Å²) in [5.41, 5.74) is 2.51. The number of rotatable bonds is 6. The molecule has 0 bridgehead atoms. The zero-order chi connectivity index (χ0) is 11.8. The van der Waals surface area contributed by atoms with Crippen molar-refractivity contribution in [3.63, 3.8) is 0 Å². The third kappa shape index (κ3) is 5.45. The lowest BCUT2D eigenvalue weighted by Gasteiger charge is -2.07. The van der Waals surface area contributed by atoms with Crippen molar-refractivity contribution in [3.8, 4) is 0 Å². The van der Waals surface area contributed by atoms with Crippen molar-refractivity contribution in [2.45, 2.75) is 13.0 Å². The third-order valence-electron chi connectivity index (χ3n) is 2.05. The summed E-state index contributed by atoms with van der Waals surface area (Å²) in [6.45, 7) is 5.10. The first-order chi connectivity index (χ1) is 7.74. The second kappa shape index (κ2) is 8.25. The molecule has 0 aliphatic rings. The fourth-order valence-corrected chi connectivity index (χ4v) is 1.98. The highest BCUT2D eigenvalue weighted by atomic mass is 127. The van der Waals surface area contributed by atoms with Crippen LogP contribution >= 0.6 is 45.2 Å². The molecule has 1 aromatic carbocycles. The topological polar surface area (TPSA) is 9.23 Å². The summed E-state index contributed by atoms with van der Waals surface area (Å²) in [7, 11) is 0. The fourth-order valence-electron chi connectivity index (χ4n) is 1.23. The van der Waals surface area contributed by atoms with E-state index in [1.807, 2.05) is 24.3 Å². The van der Waals surface area contributed by atoms with E-state index in [1.165, 1.54) is 12.7 Å². The van der Waals surface area contributed by atoms with Crippen molar-refractivity contribution in [1.82, 2.24) is 0 Å². The molecule has 0 spiro atoms. The standard InChI is InChI=1S/C13H14I2O/c1-2-6-12(13(14)15)10-16-9-11-7-4-3-5-8-11/h2-5,7-8H,1,6,9-10H2. The number of benzene rings is 1. The summed E-state index contributed by atoms with van der Waals surface area (Å²) < 4.78 is 6.95. The summed E-state index contributed by atoms with van der Waals surface area (Å²) in [6, 6.07) is 10.2. The molecule has 0 fully saturated rings. The van der Waals surface area contributed by atoms with Gasteiger partial charge in [0, 0.05) is 0 Å². The molecule has 3 heteroatoms. The summed E-state index contributed by atoms with van der Waals surface area (Å²) in [5, 5.41) is 0. The van der Waals surface area contributed by atoms with Crippen LogP contribution in [-0.4, -0.2) is 6.61 Å². The van der Waals surface area contributed by atoms with Crippen molar-refractivity contribution in [1.29, 1.82) is 0 Å².